The van der Waals surface area contributed by atoms with E-state index in [2.05, 4.69) is 43.2 Å². The lowest BCUT2D eigenvalue weighted by atomic mass is 9.92. The van der Waals surface area contributed by atoms with Crippen LogP contribution in [-0.2, 0) is 11.3 Å². The van der Waals surface area contributed by atoms with E-state index in [1.807, 2.05) is 17.2 Å². The van der Waals surface area contributed by atoms with Crippen molar-refractivity contribution in [2.24, 2.45) is 0 Å². The number of carbonyl (C=O) groups excluding carboxylic acids is 1. The van der Waals surface area contributed by atoms with Crippen LogP contribution in [0.5, 0.6) is 0 Å². The van der Waals surface area contributed by atoms with E-state index in [-0.39, 0.29) is 18.0 Å². The first kappa shape index (κ1) is 16.7. The molecule has 24 heavy (non-hydrogen) atoms. The van der Waals surface area contributed by atoms with Gasteiger partial charge in [-0.2, -0.15) is 5.10 Å². The summed E-state index contributed by atoms with van der Waals surface area (Å²) < 4.78 is 6.82. The molecule has 0 bridgehead atoms. The first-order chi connectivity index (χ1) is 11.6. The van der Waals surface area contributed by atoms with Gasteiger partial charge in [-0.15, -0.1) is 0 Å². The standard InChI is InChI=1S/C19H25N3O2/c1-14-13-17(16-7-5-4-6-8-16)15(2)22(14)19(23)18-9-10-21(20-18)11-12-24-3/h4-10,14-15,17H,11-13H2,1-3H3/t14-,15+,17+/m1/s1. The van der Waals surface area contributed by atoms with E-state index in [9.17, 15) is 4.79 Å². The normalized spacial score (nSPS) is 23.6. The van der Waals surface area contributed by atoms with Crippen LogP contribution in [0.4, 0.5) is 0 Å². The second kappa shape index (κ2) is 7.18. The Morgan fingerprint density at radius 2 is 2.00 bits per heavy atom. The Bertz CT molecular complexity index is 683. The van der Waals surface area contributed by atoms with E-state index in [1.54, 1.807) is 17.9 Å². The quantitative estimate of drug-likeness (QED) is 0.848. The molecule has 0 aliphatic carbocycles. The van der Waals surface area contributed by atoms with Crippen molar-refractivity contribution in [1.29, 1.82) is 0 Å². The predicted molar refractivity (Wildman–Crippen MR) is 93.0 cm³/mol. The zero-order valence-corrected chi connectivity index (χ0v) is 14.6. The Balaban J connectivity index is 1.76. The van der Waals surface area contributed by atoms with Crippen LogP contribution in [0.25, 0.3) is 0 Å². The first-order valence-corrected chi connectivity index (χ1v) is 8.51. The van der Waals surface area contributed by atoms with Crippen LogP contribution in [-0.4, -0.2) is 46.4 Å². The number of hydrogen-bond acceptors (Lipinski definition) is 3. The molecule has 2 heterocycles. The van der Waals surface area contributed by atoms with Crippen molar-refractivity contribution in [2.75, 3.05) is 13.7 Å². The molecule has 2 aromatic rings. The number of aromatic nitrogens is 2. The summed E-state index contributed by atoms with van der Waals surface area (Å²) in [5.74, 6) is 0.394. The van der Waals surface area contributed by atoms with Crippen LogP contribution in [0.1, 0.15) is 42.2 Å². The van der Waals surface area contributed by atoms with Crippen LogP contribution in [0.2, 0.25) is 0 Å². The average Bonchev–Trinajstić information content (AvgIpc) is 3.18. The van der Waals surface area contributed by atoms with Gasteiger partial charge in [0.15, 0.2) is 0 Å². The van der Waals surface area contributed by atoms with E-state index >= 15 is 0 Å². The summed E-state index contributed by atoms with van der Waals surface area (Å²) in [6, 6.07) is 12.6. The topological polar surface area (TPSA) is 47.4 Å². The number of carbonyl (C=O) groups is 1. The lowest BCUT2D eigenvalue weighted by Gasteiger charge is -2.27. The third-order valence-corrected chi connectivity index (χ3v) is 4.94. The number of methoxy groups -OCH3 is 1. The Hall–Kier alpha value is -2.14. The monoisotopic (exact) mass is 327 g/mol. The van der Waals surface area contributed by atoms with Gasteiger partial charge in [0.05, 0.1) is 13.2 Å². The minimum atomic E-state index is 0.0181. The molecular formula is C19H25N3O2. The molecule has 5 nitrogen and oxygen atoms in total. The molecule has 1 amide bonds. The summed E-state index contributed by atoms with van der Waals surface area (Å²) in [6.07, 6.45) is 2.83. The number of likely N-dealkylation sites (tertiary alicyclic amines) is 1. The van der Waals surface area contributed by atoms with Gasteiger partial charge < -0.3 is 9.64 Å². The molecule has 0 unspecified atom stereocenters. The average molecular weight is 327 g/mol. The second-order valence-electron chi connectivity index (χ2n) is 6.51. The maximum atomic E-state index is 13.0. The van der Waals surface area contributed by atoms with Gasteiger partial charge in [-0.05, 0) is 31.9 Å². The summed E-state index contributed by atoms with van der Waals surface area (Å²) in [7, 11) is 1.66. The highest BCUT2D eigenvalue weighted by Crippen LogP contribution is 2.37. The van der Waals surface area contributed by atoms with Crippen LogP contribution in [0.15, 0.2) is 42.6 Å². The minimum absolute atomic E-state index is 0.0181. The van der Waals surface area contributed by atoms with Gasteiger partial charge in [0.25, 0.3) is 5.91 Å². The van der Waals surface area contributed by atoms with E-state index in [1.165, 1.54) is 5.56 Å². The van der Waals surface area contributed by atoms with Crippen molar-refractivity contribution in [3.05, 3.63) is 53.9 Å². The van der Waals surface area contributed by atoms with Crippen LogP contribution >= 0.6 is 0 Å². The van der Waals surface area contributed by atoms with Crippen molar-refractivity contribution < 1.29 is 9.53 Å². The van der Waals surface area contributed by atoms with Crippen molar-refractivity contribution in [3.8, 4) is 0 Å². The van der Waals surface area contributed by atoms with Crippen molar-refractivity contribution in [1.82, 2.24) is 14.7 Å². The molecule has 3 atom stereocenters. The van der Waals surface area contributed by atoms with Gasteiger partial charge in [-0.3, -0.25) is 9.48 Å². The van der Waals surface area contributed by atoms with Gasteiger partial charge in [0, 0.05) is 31.3 Å². The highest BCUT2D eigenvalue weighted by atomic mass is 16.5. The van der Waals surface area contributed by atoms with Gasteiger partial charge in [0.1, 0.15) is 5.69 Å². The second-order valence-corrected chi connectivity index (χ2v) is 6.51. The first-order valence-electron chi connectivity index (χ1n) is 8.51. The summed E-state index contributed by atoms with van der Waals surface area (Å²) >= 11 is 0. The van der Waals surface area contributed by atoms with Gasteiger partial charge in [-0.25, -0.2) is 0 Å². The van der Waals surface area contributed by atoms with Crippen molar-refractivity contribution in [3.63, 3.8) is 0 Å². The lowest BCUT2D eigenvalue weighted by Crippen LogP contribution is -2.39. The number of nitrogens with zero attached hydrogens (tertiary/aromatic N) is 3. The van der Waals surface area contributed by atoms with Crippen LogP contribution in [0.3, 0.4) is 0 Å². The Morgan fingerprint density at radius 1 is 1.25 bits per heavy atom. The summed E-state index contributed by atoms with van der Waals surface area (Å²) in [5, 5.41) is 4.40. The molecule has 0 spiro atoms. The number of amides is 1. The molecule has 1 fully saturated rings. The van der Waals surface area contributed by atoms with E-state index < -0.39 is 0 Å². The van der Waals surface area contributed by atoms with Crippen LogP contribution in [0, 0.1) is 0 Å². The van der Waals surface area contributed by atoms with Crippen molar-refractivity contribution in [2.45, 2.75) is 44.8 Å². The molecule has 1 saturated heterocycles. The number of rotatable bonds is 5. The molecule has 1 aliphatic heterocycles. The van der Waals surface area contributed by atoms with E-state index in [4.69, 9.17) is 4.74 Å². The molecule has 1 aromatic carbocycles. The third-order valence-electron chi connectivity index (χ3n) is 4.94. The Kier molecular flexibility index (Phi) is 5.00. The number of ether oxygens (including phenoxy) is 1. The number of benzene rings is 1. The molecule has 0 radical (unpaired) electrons. The smallest absolute Gasteiger partial charge is 0.274 e. The lowest BCUT2D eigenvalue weighted by molar-refractivity contribution is 0.0680. The fourth-order valence-corrected chi connectivity index (χ4v) is 3.69. The SMILES string of the molecule is COCCn1ccc(C(=O)N2[C@H](C)C[C@H](c3ccccc3)[C@@H]2C)n1. The largest absolute Gasteiger partial charge is 0.383 e. The molecule has 0 saturated carbocycles. The minimum Gasteiger partial charge on any atom is -0.383 e. The number of hydrogen-bond donors (Lipinski definition) is 0. The van der Waals surface area contributed by atoms with Crippen molar-refractivity contribution >= 4 is 5.91 Å². The molecular weight excluding hydrogens is 302 g/mol. The fourth-order valence-electron chi connectivity index (χ4n) is 3.69. The third kappa shape index (κ3) is 3.22. The summed E-state index contributed by atoms with van der Waals surface area (Å²) in [6.45, 7) is 5.50. The van der Waals surface area contributed by atoms with Gasteiger partial charge in [0.2, 0.25) is 0 Å². The van der Waals surface area contributed by atoms with E-state index in [0.717, 1.165) is 6.42 Å². The zero-order valence-electron chi connectivity index (χ0n) is 14.6. The predicted octanol–water partition coefficient (Wildman–Crippen LogP) is 2.94. The van der Waals surface area contributed by atoms with E-state index in [0.29, 0.717) is 24.8 Å². The summed E-state index contributed by atoms with van der Waals surface area (Å²) in [4.78, 5) is 14.9. The fraction of sp³-hybridized carbons (Fsp3) is 0.474. The van der Waals surface area contributed by atoms with Gasteiger partial charge >= 0.3 is 0 Å². The maximum Gasteiger partial charge on any atom is 0.274 e. The van der Waals surface area contributed by atoms with Crippen LogP contribution < -0.4 is 0 Å². The zero-order chi connectivity index (χ0) is 17.1. The maximum absolute atomic E-state index is 13.0. The molecule has 3 rings (SSSR count). The highest BCUT2D eigenvalue weighted by molar-refractivity contribution is 5.93. The summed E-state index contributed by atoms with van der Waals surface area (Å²) in [5.41, 5.74) is 1.82. The molecule has 5 heteroatoms. The molecule has 1 aromatic heterocycles. The van der Waals surface area contributed by atoms with Gasteiger partial charge in [-0.1, -0.05) is 30.3 Å². The Morgan fingerprint density at radius 3 is 2.71 bits per heavy atom. The molecule has 0 N–H and O–H groups in total. The molecule has 1 aliphatic rings. The Labute approximate surface area is 143 Å². The molecule has 128 valence electrons. The highest BCUT2D eigenvalue weighted by Gasteiger charge is 2.40.